The van der Waals surface area contributed by atoms with Gasteiger partial charge in [-0.3, -0.25) is 28.5 Å². The first-order chi connectivity index (χ1) is 18.8. The number of fused-ring (bicyclic) bond motifs is 1. The predicted molar refractivity (Wildman–Crippen MR) is 139 cm³/mol. The SMILES string of the molecule is CN(C)C(=O)C(=O)N(C)C1CCCCn2c1nc(C(=O)NCc1ccc(F)cc1)c(O)c2=O.COC(=O)C(=O)Cl. The van der Waals surface area contributed by atoms with E-state index in [2.05, 4.69) is 26.6 Å². The Labute approximate surface area is 233 Å². The highest BCUT2D eigenvalue weighted by atomic mass is 35.5. The molecule has 2 aromatic rings. The van der Waals surface area contributed by atoms with Crippen LogP contribution in [0.4, 0.5) is 4.39 Å². The van der Waals surface area contributed by atoms with Crippen LogP contribution in [0, 0.1) is 5.82 Å². The van der Waals surface area contributed by atoms with E-state index in [1.165, 1.54) is 54.9 Å². The van der Waals surface area contributed by atoms with Crippen molar-refractivity contribution in [1.29, 1.82) is 0 Å². The Kier molecular flexibility index (Phi) is 11.3. The van der Waals surface area contributed by atoms with Gasteiger partial charge in [0.1, 0.15) is 11.6 Å². The van der Waals surface area contributed by atoms with Gasteiger partial charge in [-0.25, -0.2) is 14.2 Å². The van der Waals surface area contributed by atoms with Gasteiger partial charge in [0.05, 0.1) is 13.2 Å². The van der Waals surface area contributed by atoms with E-state index >= 15 is 0 Å². The summed E-state index contributed by atoms with van der Waals surface area (Å²) in [6.45, 7) is 0.282. The lowest BCUT2D eigenvalue weighted by Gasteiger charge is -2.28. The summed E-state index contributed by atoms with van der Waals surface area (Å²) in [6, 6.07) is 4.75. The summed E-state index contributed by atoms with van der Waals surface area (Å²) in [5, 5.41) is 11.9. The van der Waals surface area contributed by atoms with Crippen molar-refractivity contribution in [3.05, 3.63) is 57.5 Å². The molecule has 2 heterocycles. The molecule has 40 heavy (non-hydrogen) atoms. The van der Waals surface area contributed by atoms with Crippen molar-refractivity contribution in [2.45, 2.75) is 38.4 Å². The topological polar surface area (TPSA) is 168 Å². The first kappa shape index (κ1) is 31.9. The van der Waals surface area contributed by atoms with E-state index < -0.39 is 57.8 Å². The summed E-state index contributed by atoms with van der Waals surface area (Å²) in [5.41, 5.74) is -0.653. The quantitative estimate of drug-likeness (QED) is 0.293. The first-order valence-corrected chi connectivity index (χ1v) is 12.3. The number of aromatic hydroxyl groups is 1. The summed E-state index contributed by atoms with van der Waals surface area (Å²) in [6.07, 6.45) is 1.68. The van der Waals surface area contributed by atoms with Gasteiger partial charge in [-0.15, -0.1) is 0 Å². The van der Waals surface area contributed by atoms with Crippen molar-refractivity contribution in [3.63, 3.8) is 0 Å². The number of nitrogens with one attached hydrogen (secondary N) is 1. The number of halogens is 2. The lowest BCUT2D eigenvalue weighted by molar-refractivity contribution is -0.151. The minimum atomic E-state index is -1.09. The summed E-state index contributed by atoms with van der Waals surface area (Å²) in [7, 11) is 5.44. The van der Waals surface area contributed by atoms with Gasteiger partial charge in [0, 0.05) is 34.2 Å². The highest BCUT2D eigenvalue weighted by molar-refractivity contribution is 6.80. The van der Waals surface area contributed by atoms with E-state index in [1.807, 2.05) is 0 Å². The van der Waals surface area contributed by atoms with E-state index in [0.29, 0.717) is 24.8 Å². The van der Waals surface area contributed by atoms with Crippen LogP contribution >= 0.6 is 11.6 Å². The van der Waals surface area contributed by atoms with Crippen LogP contribution < -0.4 is 10.9 Å². The Morgan fingerprint density at radius 1 is 1.12 bits per heavy atom. The molecule has 1 aliphatic rings. The number of methoxy groups -OCH3 is 1. The van der Waals surface area contributed by atoms with Gasteiger partial charge in [0.15, 0.2) is 5.69 Å². The Hall–Kier alpha value is -4.33. The Morgan fingerprint density at radius 3 is 2.27 bits per heavy atom. The van der Waals surface area contributed by atoms with Crippen molar-refractivity contribution in [2.75, 3.05) is 28.3 Å². The fourth-order valence-corrected chi connectivity index (χ4v) is 3.80. The third-order valence-electron chi connectivity index (χ3n) is 5.89. The Balaban J connectivity index is 0.000000708. The van der Waals surface area contributed by atoms with Crippen LogP contribution in [0.3, 0.4) is 0 Å². The normalized spacial score (nSPS) is 13.9. The maximum atomic E-state index is 13.1. The Morgan fingerprint density at radius 2 is 1.75 bits per heavy atom. The molecular weight excluding hydrogens is 553 g/mol. The van der Waals surface area contributed by atoms with Gasteiger partial charge >= 0.3 is 23.0 Å². The highest BCUT2D eigenvalue weighted by Crippen LogP contribution is 2.28. The second-order valence-electron chi connectivity index (χ2n) is 8.83. The second-order valence-corrected chi connectivity index (χ2v) is 9.17. The van der Waals surface area contributed by atoms with Crippen molar-refractivity contribution >= 4 is 40.5 Å². The van der Waals surface area contributed by atoms with Gasteiger partial charge in [-0.2, -0.15) is 0 Å². The van der Waals surface area contributed by atoms with Crippen LogP contribution in [0.2, 0.25) is 0 Å². The maximum Gasteiger partial charge on any atom is 0.391 e. The molecule has 1 aromatic heterocycles. The average Bonchev–Trinajstić information content (AvgIpc) is 3.15. The Bertz CT molecular complexity index is 1350. The molecular formula is C25H29ClFN5O8. The van der Waals surface area contributed by atoms with Gasteiger partial charge in [-0.05, 0) is 48.6 Å². The number of aromatic nitrogens is 2. The van der Waals surface area contributed by atoms with Crippen molar-refractivity contribution in [2.24, 2.45) is 0 Å². The molecule has 1 unspecified atom stereocenters. The summed E-state index contributed by atoms with van der Waals surface area (Å²) < 4.78 is 18.2. The smallest absolute Gasteiger partial charge is 0.391 e. The largest absolute Gasteiger partial charge is 0.501 e. The molecule has 1 aromatic carbocycles. The number of esters is 1. The molecule has 0 radical (unpaired) electrons. The molecule has 216 valence electrons. The molecule has 0 aliphatic carbocycles. The number of amides is 3. The predicted octanol–water partition coefficient (Wildman–Crippen LogP) is 0.714. The van der Waals surface area contributed by atoms with Crippen LogP contribution in [0.5, 0.6) is 5.75 Å². The standard InChI is InChI=1S/C22H26FN5O5.C3H3ClO3/c1-26(2)21(32)22(33)27(3)15-6-4-5-11-28-18(15)25-16(17(29)20(28)31)19(30)24-12-13-7-9-14(23)10-8-13;1-7-3(6)2(4)5/h7-10,15,29H,4-6,11-12H2,1-3H3,(H,24,30);1H3. The lowest BCUT2D eigenvalue weighted by atomic mass is 10.1. The second kappa shape index (κ2) is 14.2. The molecule has 0 saturated heterocycles. The molecule has 15 heteroatoms. The first-order valence-electron chi connectivity index (χ1n) is 11.9. The third kappa shape index (κ3) is 7.85. The number of hydrogen-bond donors (Lipinski definition) is 2. The molecule has 13 nitrogen and oxygen atoms in total. The number of carbonyl (C=O) groups excluding carboxylic acids is 5. The summed E-state index contributed by atoms with van der Waals surface area (Å²) >= 11 is 4.61. The highest BCUT2D eigenvalue weighted by Gasteiger charge is 2.33. The molecule has 1 atom stereocenters. The molecule has 3 rings (SSSR count). The zero-order valence-electron chi connectivity index (χ0n) is 22.3. The monoisotopic (exact) mass is 581 g/mol. The molecule has 1 aliphatic heterocycles. The van der Waals surface area contributed by atoms with E-state index in [-0.39, 0.29) is 18.9 Å². The number of benzene rings is 1. The molecule has 0 bridgehead atoms. The van der Waals surface area contributed by atoms with E-state index in [4.69, 9.17) is 0 Å². The molecule has 3 amide bonds. The van der Waals surface area contributed by atoms with Gasteiger partial charge < -0.3 is 25.0 Å². The van der Waals surface area contributed by atoms with Crippen molar-refractivity contribution in [3.8, 4) is 5.75 Å². The number of nitrogens with zero attached hydrogens (tertiary/aromatic N) is 4. The number of carbonyl (C=O) groups is 5. The average molecular weight is 582 g/mol. The minimum absolute atomic E-state index is 0.0256. The zero-order chi connectivity index (χ0) is 30.1. The number of ether oxygens (including phenoxy) is 1. The fourth-order valence-electron chi connectivity index (χ4n) is 3.73. The van der Waals surface area contributed by atoms with Crippen molar-refractivity contribution in [1.82, 2.24) is 24.7 Å². The van der Waals surface area contributed by atoms with Crippen LogP contribution in [0.1, 0.15) is 47.2 Å². The summed E-state index contributed by atoms with van der Waals surface area (Å²) in [4.78, 5) is 76.5. The fraction of sp³-hybridized carbons (Fsp3) is 0.400. The minimum Gasteiger partial charge on any atom is -0.501 e. The summed E-state index contributed by atoms with van der Waals surface area (Å²) in [5.74, 6) is -4.41. The molecule has 2 N–H and O–H groups in total. The van der Waals surface area contributed by atoms with Crippen molar-refractivity contribution < 1.29 is 38.2 Å². The number of rotatable bonds is 5. The van der Waals surface area contributed by atoms with Gasteiger partial charge in [0.25, 0.3) is 11.5 Å². The third-order valence-corrected chi connectivity index (χ3v) is 6.04. The van der Waals surface area contributed by atoms with E-state index in [9.17, 15) is 38.3 Å². The van der Waals surface area contributed by atoms with E-state index in [0.717, 1.165) is 12.0 Å². The zero-order valence-corrected chi connectivity index (χ0v) is 23.0. The lowest BCUT2D eigenvalue weighted by Crippen LogP contribution is -2.43. The molecule has 0 fully saturated rings. The van der Waals surface area contributed by atoms with Gasteiger partial charge in [-0.1, -0.05) is 12.1 Å². The maximum absolute atomic E-state index is 13.1. The van der Waals surface area contributed by atoms with Gasteiger partial charge in [0.2, 0.25) is 5.75 Å². The van der Waals surface area contributed by atoms with Crippen LogP contribution in [-0.4, -0.2) is 81.6 Å². The van der Waals surface area contributed by atoms with Crippen LogP contribution in [-0.2, 0) is 37.0 Å². The van der Waals surface area contributed by atoms with Crippen LogP contribution in [0.15, 0.2) is 29.1 Å². The van der Waals surface area contributed by atoms with Crippen LogP contribution in [0.25, 0.3) is 0 Å². The molecule has 0 saturated carbocycles. The number of hydrogen-bond acceptors (Lipinski definition) is 9. The molecule has 0 spiro atoms. The number of likely N-dealkylation sites (N-methyl/N-ethyl adjacent to an activating group) is 2. The van der Waals surface area contributed by atoms with E-state index in [1.54, 1.807) is 0 Å².